The second kappa shape index (κ2) is 10.3. The third-order valence-corrected chi connectivity index (χ3v) is 3.70. The van der Waals surface area contributed by atoms with Crippen LogP contribution in [0.5, 0.6) is 5.75 Å². The van der Waals surface area contributed by atoms with Crippen LogP contribution in [0.1, 0.15) is 24.5 Å². The predicted octanol–water partition coefficient (Wildman–Crippen LogP) is 3.12. The van der Waals surface area contributed by atoms with Gasteiger partial charge in [-0.15, -0.1) is 0 Å². The first-order chi connectivity index (χ1) is 11.8. The van der Waals surface area contributed by atoms with Crippen LogP contribution in [-0.4, -0.2) is 30.7 Å². The van der Waals surface area contributed by atoms with Gasteiger partial charge in [0, 0.05) is 19.6 Å². The maximum Gasteiger partial charge on any atom is 0.191 e. The number of nitrogens with zero attached hydrogens (tertiary/aromatic N) is 1. The van der Waals surface area contributed by atoms with E-state index in [0.717, 1.165) is 50.4 Å². The fourth-order valence-electron chi connectivity index (χ4n) is 2.50. The van der Waals surface area contributed by atoms with Crippen molar-refractivity contribution in [3.63, 3.8) is 0 Å². The molecule has 2 aromatic rings. The third-order valence-electron chi connectivity index (χ3n) is 3.70. The average Bonchev–Trinajstić information content (AvgIpc) is 2.59. The van der Waals surface area contributed by atoms with E-state index in [1.807, 2.05) is 18.2 Å². The van der Waals surface area contributed by atoms with Gasteiger partial charge in [-0.2, -0.15) is 0 Å². The normalized spacial score (nSPS) is 11.3. The van der Waals surface area contributed by atoms with Gasteiger partial charge in [0.15, 0.2) is 5.96 Å². The van der Waals surface area contributed by atoms with Crippen molar-refractivity contribution in [1.29, 1.82) is 0 Å². The molecule has 0 saturated carbocycles. The zero-order valence-corrected chi connectivity index (χ0v) is 14.3. The highest BCUT2D eigenvalue weighted by atomic mass is 16.3. The summed E-state index contributed by atoms with van der Waals surface area (Å²) in [4.78, 5) is 4.62. The molecule has 2 rings (SSSR count). The van der Waals surface area contributed by atoms with Crippen molar-refractivity contribution >= 4 is 5.96 Å². The number of rotatable bonds is 8. The summed E-state index contributed by atoms with van der Waals surface area (Å²) < 4.78 is 0. The Hall–Kier alpha value is -2.49. The van der Waals surface area contributed by atoms with Gasteiger partial charge in [0.25, 0.3) is 0 Å². The summed E-state index contributed by atoms with van der Waals surface area (Å²) in [5.41, 5.74) is 2.47. The number of phenolic OH excluding ortho intramolecular Hbond substituents is 1. The van der Waals surface area contributed by atoms with Crippen molar-refractivity contribution in [2.24, 2.45) is 4.99 Å². The van der Waals surface area contributed by atoms with E-state index in [-0.39, 0.29) is 0 Å². The first-order valence-electron chi connectivity index (χ1n) is 8.62. The number of hydrogen-bond donors (Lipinski definition) is 3. The molecule has 24 heavy (non-hydrogen) atoms. The average molecular weight is 325 g/mol. The number of aromatic hydroxyl groups is 1. The zero-order valence-electron chi connectivity index (χ0n) is 14.3. The number of phenols is 1. The van der Waals surface area contributed by atoms with Gasteiger partial charge in [-0.1, -0.05) is 42.5 Å². The van der Waals surface area contributed by atoms with E-state index in [0.29, 0.717) is 5.75 Å². The lowest BCUT2D eigenvalue weighted by molar-refractivity contribution is 0.474. The molecule has 3 N–H and O–H groups in total. The third kappa shape index (κ3) is 6.73. The summed E-state index contributed by atoms with van der Waals surface area (Å²) in [5, 5.41) is 16.1. The largest absolute Gasteiger partial charge is 0.508 e. The van der Waals surface area contributed by atoms with Crippen LogP contribution >= 0.6 is 0 Å². The number of nitrogens with one attached hydrogen (secondary N) is 2. The molecule has 0 spiro atoms. The predicted molar refractivity (Wildman–Crippen MR) is 101 cm³/mol. The Morgan fingerprint density at radius 3 is 2.50 bits per heavy atom. The van der Waals surface area contributed by atoms with Crippen molar-refractivity contribution in [3.8, 4) is 5.75 Å². The zero-order chi connectivity index (χ0) is 17.0. The maximum absolute atomic E-state index is 9.49. The fraction of sp³-hybridized carbons (Fsp3) is 0.350. The number of hydrogen-bond acceptors (Lipinski definition) is 2. The van der Waals surface area contributed by atoms with E-state index in [9.17, 15) is 5.11 Å². The van der Waals surface area contributed by atoms with E-state index in [1.54, 1.807) is 12.1 Å². The number of guanidine groups is 1. The van der Waals surface area contributed by atoms with Gasteiger partial charge in [-0.05, 0) is 49.4 Å². The molecule has 2 aromatic carbocycles. The standard InChI is InChI=1S/C20H27N3O/c1-2-21-20(22-14-7-11-17-8-4-3-5-9-17)23-15-13-18-10-6-12-19(24)16-18/h3-6,8-10,12,16,24H,2,7,11,13-15H2,1H3,(H2,21,22,23). The molecule has 0 heterocycles. The van der Waals surface area contributed by atoms with Gasteiger partial charge >= 0.3 is 0 Å². The van der Waals surface area contributed by atoms with Crippen LogP contribution in [-0.2, 0) is 12.8 Å². The molecule has 0 aliphatic heterocycles. The lowest BCUT2D eigenvalue weighted by Crippen LogP contribution is -2.38. The van der Waals surface area contributed by atoms with Crippen LogP contribution in [0.25, 0.3) is 0 Å². The maximum atomic E-state index is 9.49. The monoisotopic (exact) mass is 325 g/mol. The topological polar surface area (TPSA) is 56.7 Å². The molecule has 0 atom stereocenters. The molecule has 128 valence electrons. The highest BCUT2D eigenvalue weighted by Crippen LogP contribution is 2.10. The minimum atomic E-state index is 0.314. The van der Waals surface area contributed by atoms with Crippen LogP contribution in [0.15, 0.2) is 59.6 Å². The summed E-state index contributed by atoms with van der Waals surface area (Å²) in [7, 11) is 0. The minimum Gasteiger partial charge on any atom is -0.508 e. The molecule has 0 radical (unpaired) electrons. The number of benzene rings is 2. The molecular formula is C20H27N3O. The molecule has 0 aromatic heterocycles. The second-order valence-corrected chi connectivity index (χ2v) is 5.70. The quantitative estimate of drug-likeness (QED) is 0.397. The van der Waals surface area contributed by atoms with Crippen molar-refractivity contribution in [2.45, 2.75) is 26.2 Å². The summed E-state index contributed by atoms with van der Waals surface area (Å²) in [6.45, 7) is 4.50. The fourth-order valence-corrected chi connectivity index (χ4v) is 2.50. The van der Waals surface area contributed by atoms with E-state index in [2.05, 4.69) is 46.8 Å². The van der Waals surface area contributed by atoms with Gasteiger partial charge in [0.2, 0.25) is 0 Å². The highest BCUT2D eigenvalue weighted by molar-refractivity contribution is 5.79. The highest BCUT2D eigenvalue weighted by Gasteiger charge is 1.99. The molecule has 0 saturated heterocycles. The Kier molecular flexibility index (Phi) is 7.68. The Labute approximate surface area is 144 Å². The molecule has 0 unspecified atom stereocenters. The molecule has 0 aliphatic rings. The Morgan fingerprint density at radius 1 is 0.958 bits per heavy atom. The van der Waals surface area contributed by atoms with Crippen LogP contribution < -0.4 is 10.6 Å². The smallest absolute Gasteiger partial charge is 0.191 e. The van der Waals surface area contributed by atoms with Gasteiger partial charge in [-0.3, -0.25) is 4.99 Å². The van der Waals surface area contributed by atoms with Crippen molar-refractivity contribution in [3.05, 3.63) is 65.7 Å². The Balaban J connectivity index is 1.73. The summed E-state index contributed by atoms with van der Waals surface area (Å²) in [6.07, 6.45) is 2.93. The first kappa shape index (κ1) is 17.9. The van der Waals surface area contributed by atoms with Crippen LogP contribution in [0.3, 0.4) is 0 Å². The van der Waals surface area contributed by atoms with Gasteiger partial charge in [0.05, 0.1) is 0 Å². The van der Waals surface area contributed by atoms with Gasteiger partial charge < -0.3 is 15.7 Å². The molecule has 0 fully saturated rings. The summed E-state index contributed by atoms with van der Waals surface area (Å²) in [6, 6.07) is 17.9. The van der Waals surface area contributed by atoms with Gasteiger partial charge in [0.1, 0.15) is 5.75 Å². The van der Waals surface area contributed by atoms with Crippen molar-refractivity contribution in [2.75, 3.05) is 19.6 Å². The second-order valence-electron chi connectivity index (χ2n) is 5.70. The molecular weight excluding hydrogens is 298 g/mol. The summed E-state index contributed by atoms with van der Waals surface area (Å²) >= 11 is 0. The van der Waals surface area contributed by atoms with E-state index >= 15 is 0 Å². The van der Waals surface area contributed by atoms with Crippen LogP contribution in [0.2, 0.25) is 0 Å². The van der Waals surface area contributed by atoms with Crippen LogP contribution in [0, 0.1) is 0 Å². The Morgan fingerprint density at radius 2 is 1.75 bits per heavy atom. The minimum absolute atomic E-state index is 0.314. The lowest BCUT2D eigenvalue weighted by atomic mass is 10.1. The van der Waals surface area contributed by atoms with Gasteiger partial charge in [-0.25, -0.2) is 0 Å². The van der Waals surface area contributed by atoms with E-state index < -0.39 is 0 Å². The van der Waals surface area contributed by atoms with Crippen LogP contribution in [0.4, 0.5) is 0 Å². The number of aliphatic imine (C=N–C) groups is 1. The molecule has 0 bridgehead atoms. The summed E-state index contributed by atoms with van der Waals surface area (Å²) in [5.74, 6) is 1.17. The van der Waals surface area contributed by atoms with E-state index in [1.165, 1.54) is 5.56 Å². The van der Waals surface area contributed by atoms with E-state index in [4.69, 9.17) is 0 Å². The Bertz CT molecular complexity index is 626. The number of aryl methyl sites for hydroxylation is 1. The first-order valence-corrected chi connectivity index (χ1v) is 8.62. The molecule has 4 nitrogen and oxygen atoms in total. The molecule has 4 heteroatoms. The van der Waals surface area contributed by atoms with Crippen molar-refractivity contribution < 1.29 is 5.11 Å². The lowest BCUT2D eigenvalue weighted by Gasteiger charge is -2.11. The van der Waals surface area contributed by atoms with Crippen molar-refractivity contribution in [1.82, 2.24) is 10.6 Å². The molecule has 0 amide bonds. The molecule has 0 aliphatic carbocycles. The SMILES string of the molecule is CCNC(=NCCCc1ccccc1)NCCc1cccc(O)c1.